The summed E-state index contributed by atoms with van der Waals surface area (Å²) in [4.78, 5) is 10.7. The van der Waals surface area contributed by atoms with Crippen LogP contribution in [0.15, 0.2) is 0 Å². The SMILES string of the molecule is [3H][C@H]1CC(C(N)=O)[C@@H](CO)O1. The number of primary amides is 1. The summed E-state index contributed by atoms with van der Waals surface area (Å²) in [6, 6.07) is 0. The Morgan fingerprint density at radius 2 is 2.70 bits per heavy atom. The lowest BCUT2D eigenvalue weighted by atomic mass is 10.0. The number of nitrogens with two attached hydrogens (primary N) is 1. The van der Waals surface area contributed by atoms with Gasteiger partial charge in [0.2, 0.25) is 5.91 Å². The molecular weight excluding hydrogens is 134 g/mol. The van der Waals surface area contributed by atoms with Crippen molar-refractivity contribution in [2.45, 2.75) is 12.5 Å². The van der Waals surface area contributed by atoms with Crippen LogP contribution in [0.4, 0.5) is 0 Å². The van der Waals surface area contributed by atoms with Gasteiger partial charge in [-0.15, -0.1) is 0 Å². The molecule has 4 nitrogen and oxygen atoms in total. The van der Waals surface area contributed by atoms with Gasteiger partial charge in [0.05, 0.1) is 20.0 Å². The first kappa shape index (κ1) is 6.12. The van der Waals surface area contributed by atoms with Crippen molar-refractivity contribution >= 4 is 5.91 Å². The molecule has 58 valence electrons. The summed E-state index contributed by atoms with van der Waals surface area (Å²) >= 11 is 0. The molecule has 0 aromatic rings. The molecule has 1 unspecified atom stereocenters. The van der Waals surface area contributed by atoms with Gasteiger partial charge in [-0.3, -0.25) is 4.79 Å². The molecule has 4 heteroatoms. The van der Waals surface area contributed by atoms with Crippen molar-refractivity contribution in [3.05, 3.63) is 0 Å². The highest BCUT2D eigenvalue weighted by Gasteiger charge is 2.31. The lowest BCUT2D eigenvalue weighted by Crippen LogP contribution is -2.32. The number of carbonyl (C=O) groups is 1. The predicted octanol–water partition coefficient (Wildman–Crippen LogP) is -1.13. The first-order valence-corrected chi connectivity index (χ1v) is 3.13. The minimum atomic E-state index is -0.718. The van der Waals surface area contributed by atoms with Crippen molar-refractivity contribution in [1.29, 1.82) is 0 Å². The number of rotatable bonds is 2. The molecule has 0 spiro atoms. The number of hydrogen-bond acceptors (Lipinski definition) is 3. The molecule has 3 atom stereocenters. The van der Waals surface area contributed by atoms with Crippen LogP contribution in [0.3, 0.4) is 0 Å². The Morgan fingerprint density at radius 3 is 3.10 bits per heavy atom. The van der Waals surface area contributed by atoms with Crippen LogP contribution in [0.1, 0.15) is 7.79 Å². The van der Waals surface area contributed by atoms with Crippen LogP contribution in [0.25, 0.3) is 0 Å². The van der Waals surface area contributed by atoms with Crippen LogP contribution in [0.2, 0.25) is 0 Å². The Hall–Kier alpha value is -0.610. The maximum atomic E-state index is 10.7. The summed E-state index contributed by atoms with van der Waals surface area (Å²) in [7, 11) is 0. The van der Waals surface area contributed by atoms with Crippen LogP contribution in [-0.2, 0) is 9.53 Å². The quantitative estimate of drug-likeness (QED) is 0.519. The molecule has 10 heavy (non-hydrogen) atoms. The van der Waals surface area contributed by atoms with Crippen molar-refractivity contribution < 1.29 is 16.0 Å². The molecule has 1 saturated heterocycles. The van der Waals surface area contributed by atoms with Crippen molar-refractivity contribution in [1.82, 2.24) is 0 Å². The van der Waals surface area contributed by atoms with E-state index in [9.17, 15) is 4.79 Å². The van der Waals surface area contributed by atoms with E-state index in [4.69, 9.17) is 16.9 Å². The smallest absolute Gasteiger partial charge is 0.223 e. The van der Waals surface area contributed by atoms with E-state index < -0.39 is 24.5 Å². The Labute approximate surface area is 60.4 Å². The molecule has 0 saturated carbocycles. The molecule has 1 fully saturated rings. The van der Waals surface area contributed by atoms with Gasteiger partial charge in [0.15, 0.2) is 0 Å². The second kappa shape index (κ2) is 2.98. The maximum Gasteiger partial charge on any atom is 0.223 e. The first-order valence-electron chi connectivity index (χ1n) is 3.70. The standard InChI is InChI=1S/C6H11NO3/c7-6(9)4-1-2-10-5(4)3-8/h4-5,8H,1-3H2,(H2,7,9)/t4?,5-/m1/s1/i2T/t2-,4?,5+/m0. The minimum Gasteiger partial charge on any atom is -0.394 e. The van der Waals surface area contributed by atoms with E-state index in [2.05, 4.69) is 0 Å². The molecule has 0 radical (unpaired) electrons. The second-order valence-corrected chi connectivity index (χ2v) is 2.27. The summed E-state index contributed by atoms with van der Waals surface area (Å²) in [5.41, 5.74) is 5.01. The molecule has 0 aromatic carbocycles. The zero-order valence-corrected chi connectivity index (χ0v) is 5.49. The molecule has 1 rings (SSSR count). The fraction of sp³-hybridized carbons (Fsp3) is 0.833. The van der Waals surface area contributed by atoms with Crippen LogP contribution in [-0.4, -0.2) is 30.3 Å². The normalized spacial score (nSPS) is 41.3. The molecular formula is C6H11NO3. The first-order chi connectivity index (χ1) is 5.15. The third kappa shape index (κ3) is 1.27. The molecule has 1 heterocycles. The van der Waals surface area contributed by atoms with Crippen molar-refractivity contribution in [2.75, 3.05) is 13.2 Å². The van der Waals surface area contributed by atoms with Crippen LogP contribution < -0.4 is 5.73 Å². The van der Waals surface area contributed by atoms with Gasteiger partial charge in [-0.1, -0.05) is 0 Å². The number of hydrogen-bond donors (Lipinski definition) is 2. The summed E-state index contributed by atoms with van der Waals surface area (Å²) in [5.74, 6) is -0.999. The minimum absolute atomic E-state index is 0.247. The third-order valence-electron chi connectivity index (χ3n) is 1.62. The third-order valence-corrected chi connectivity index (χ3v) is 1.62. The van der Waals surface area contributed by atoms with Gasteiger partial charge >= 0.3 is 0 Å². The predicted molar refractivity (Wildman–Crippen MR) is 34.1 cm³/mol. The monoisotopic (exact) mass is 147 g/mol. The number of carbonyl (C=O) groups excluding carboxylic acids is 1. The zero-order chi connectivity index (χ0) is 8.43. The van der Waals surface area contributed by atoms with E-state index in [-0.39, 0.29) is 6.61 Å². The van der Waals surface area contributed by atoms with E-state index in [1.54, 1.807) is 0 Å². The molecule has 1 aliphatic rings. The number of ether oxygens (including phenoxy) is 1. The molecule has 1 aliphatic heterocycles. The van der Waals surface area contributed by atoms with Crippen LogP contribution in [0, 0.1) is 5.92 Å². The summed E-state index contributed by atoms with van der Waals surface area (Å²) in [6.45, 7) is -0.965. The highest BCUT2D eigenvalue weighted by molar-refractivity contribution is 5.77. The maximum absolute atomic E-state index is 10.7. The number of amides is 1. The lowest BCUT2D eigenvalue weighted by molar-refractivity contribution is -0.124. The van der Waals surface area contributed by atoms with E-state index in [1.165, 1.54) is 0 Å². The van der Waals surface area contributed by atoms with Gasteiger partial charge in [-0.2, -0.15) is 0 Å². The van der Waals surface area contributed by atoms with E-state index in [1.807, 2.05) is 0 Å². The molecule has 0 aromatic heterocycles. The largest absolute Gasteiger partial charge is 0.394 e. The summed E-state index contributed by atoms with van der Waals surface area (Å²) in [6.07, 6.45) is -0.282. The average Bonchev–Trinajstić information content (AvgIpc) is 2.30. The second-order valence-electron chi connectivity index (χ2n) is 2.27. The van der Waals surface area contributed by atoms with E-state index in [0.717, 1.165) is 0 Å². The van der Waals surface area contributed by atoms with E-state index >= 15 is 0 Å². The number of aliphatic hydroxyl groups is 1. The van der Waals surface area contributed by atoms with Gasteiger partial charge < -0.3 is 15.6 Å². The highest BCUT2D eigenvalue weighted by Crippen LogP contribution is 2.19. The van der Waals surface area contributed by atoms with Gasteiger partial charge in [-0.25, -0.2) is 0 Å². The topological polar surface area (TPSA) is 72.6 Å². The van der Waals surface area contributed by atoms with Gasteiger partial charge in [0.25, 0.3) is 0 Å². The van der Waals surface area contributed by atoms with Gasteiger partial charge in [0, 0.05) is 6.58 Å². The van der Waals surface area contributed by atoms with Crippen molar-refractivity contribution in [3.63, 3.8) is 0 Å². The molecule has 1 amide bonds. The summed E-state index contributed by atoms with van der Waals surface area (Å²) in [5, 5.41) is 8.69. The fourth-order valence-electron chi connectivity index (χ4n) is 0.999. The average molecular weight is 147 g/mol. The van der Waals surface area contributed by atoms with Gasteiger partial charge in [0.1, 0.15) is 0 Å². The Bertz CT molecular complexity index is 164. The Morgan fingerprint density at radius 1 is 2.00 bits per heavy atom. The van der Waals surface area contributed by atoms with Crippen LogP contribution >= 0.6 is 0 Å². The van der Waals surface area contributed by atoms with E-state index in [0.29, 0.717) is 6.42 Å². The Balaban J connectivity index is 2.57. The molecule has 3 N–H and O–H groups in total. The van der Waals surface area contributed by atoms with Crippen LogP contribution in [0.5, 0.6) is 0 Å². The number of aliphatic hydroxyl groups excluding tert-OH is 1. The molecule has 0 bridgehead atoms. The Kier molecular flexibility index (Phi) is 1.83. The zero-order valence-electron chi connectivity index (χ0n) is 6.49. The fourth-order valence-corrected chi connectivity index (χ4v) is 0.999. The highest BCUT2D eigenvalue weighted by atomic mass is 16.5. The lowest BCUT2D eigenvalue weighted by Gasteiger charge is -2.11. The molecule has 0 aliphatic carbocycles. The summed E-state index contributed by atoms with van der Waals surface area (Å²) < 4.78 is 12.0. The van der Waals surface area contributed by atoms with Gasteiger partial charge in [-0.05, 0) is 6.42 Å². The van der Waals surface area contributed by atoms with Crippen molar-refractivity contribution in [2.24, 2.45) is 11.7 Å². The van der Waals surface area contributed by atoms with Crippen molar-refractivity contribution in [3.8, 4) is 0 Å².